The van der Waals surface area contributed by atoms with Gasteiger partial charge in [0, 0.05) is 12.2 Å². The lowest BCUT2D eigenvalue weighted by molar-refractivity contribution is -0.135. The summed E-state index contributed by atoms with van der Waals surface area (Å²) in [6.45, 7) is 3.84. The molecule has 2 N–H and O–H groups in total. The van der Waals surface area contributed by atoms with Crippen LogP contribution in [0.4, 0.5) is 5.69 Å². The number of aliphatic carboxylic acids is 1. The Morgan fingerprint density at radius 3 is 2.44 bits per heavy atom. The molecule has 1 amide bonds. The molecule has 5 nitrogen and oxygen atoms in total. The summed E-state index contributed by atoms with van der Waals surface area (Å²) in [7, 11) is 0. The van der Waals surface area contributed by atoms with E-state index in [1.54, 1.807) is 24.0 Å². The van der Waals surface area contributed by atoms with Crippen LogP contribution in [0.1, 0.15) is 13.8 Å². The van der Waals surface area contributed by atoms with Gasteiger partial charge < -0.3 is 15.3 Å². The van der Waals surface area contributed by atoms with Gasteiger partial charge in [-0.25, -0.2) is 0 Å². The van der Waals surface area contributed by atoms with E-state index >= 15 is 0 Å². The zero-order valence-electron chi connectivity index (χ0n) is 10.6. The molecule has 5 heteroatoms. The maximum atomic E-state index is 11.8. The van der Waals surface area contributed by atoms with Crippen molar-refractivity contribution in [2.24, 2.45) is 0 Å². The van der Waals surface area contributed by atoms with E-state index in [4.69, 9.17) is 5.11 Å². The second-order valence-electron chi connectivity index (χ2n) is 3.93. The zero-order valence-corrected chi connectivity index (χ0v) is 10.6. The third-order valence-corrected chi connectivity index (χ3v) is 2.59. The van der Waals surface area contributed by atoms with E-state index in [1.807, 2.05) is 25.1 Å². The molecule has 1 unspecified atom stereocenters. The first-order valence-corrected chi connectivity index (χ1v) is 5.87. The highest BCUT2D eigenvalue weighted by atomic mass is 16.4. The van der Waals surface area contributed by atoms with Crippen LogP contribution in [0.3, 0.4) is 0 Å². The summed E-state index contributed by atoms with van der Waals surface area (Å²) in [5.41, 5.74) is 0.721. The second kappa shape index (κ2) is 6.64. The van der Waals surface area contributed by atoms with Gasteiger partial charge in [-0.1, -0.05) is 18.2 Å². The van der Waals surface area contributed by atoms with Gasteiger partial charge in [-0.2, -0.15) is 0 Å². The van der Waals surface area contributed by atoms with E-state index in [-0.39, 0.29) is 12.5 Å². The third kappa shape index (κ3) is 3.76. The normalized spacial score (nSPS) is 11.7. The highest BCUT2D eigenvalue weighted by Crippen LogP contribution is 2.16. The SMILES string of the molecule is CCNC(=O)C(C)N(CC(=O)O)c1ccccc1. The van der Waals surface area contributed by atoms with E-state index < -0.39 is 12.0 Å². The van der Waals surface area contributed by atoms with Crippen molar-refractivity contribution in [1.29, 1.82) is 0 Å². The van der Waals surface area contributed by atoms with E-state index in [9.17, 15) is 9.59 Å². The number of para-hydroxylation sites is 1. The molecule has 0 spiro atoms. The van der Waals surface area contributed by atoms with Crippen molar-refractivity contribution in [3.05, 3.63) is 30.3 Å². The predicted octanol–water partition coefficient (Wildman–Crippen LogP) is 1.10. The molecule has 1 rings (SSSR count). The van der Waals surface area contributed by atoms with Gasteiger partial charge in [0.15, 0.2) is 0 Å². The van der Waals surface area contributed by atoms with Crippen LogP contribution in [-0.2, 0) is 9.59 Å². The molecule has 0 heterocycles. The lowest BCUT2D eigenvalue weighted by Gasteiger charge is -2.28. The maximum Gasteiger partial charge on any atom is 0.323 e. The van der Waals surface area contributed by atoms with Gasteiger partial charge in [-0.3, -0.25) is 9.59 Å². The molecule has 0 saturated heterocycles. The largest absolute Gasteiger partial charge is 0.480 e. The number of carbonyl (C=O) groups is 2. The van der Waals surface area contributed by atoms with Crippen molar-refractivity contribution >= 4 is 17.6 Å². The summed E-state index contributed by atoms with van der Waals surface area (Å²) in [6, 6.07) is 8.53. The van der Waals surface area contributed by atoms with Gasteiger partial charge in [0.25, 0.3) is 0 Å². The molecule has 0 aromatic heterocycles. The monoisotopic (exact) mass is 250 g/mol. The van der Waals surface area contributed by atoms with Crippen LogP contribution in [0, 0.1) is 0 Å². The summed E-state index contributed by atoms with van der Waals surface area (Å²) < 4.78 is 0. The smallest absolute Gasteiger partial charge is 0.323 e. The summed E-state index contributed by atoms with van der Waals surface area (Å²) in [4.78, 5) is 24.3. The van der Waals surface area contributed by atoms with Crippen molar-refractivity contribution in [3.63, 3.8) is 0 Å². The summed E-state index contributed by atoms with van der Waals surface area (Å²) in [5, 5.41) is 11.6. The minimum atomic E-state index is -0.963. The number of anilines is 1. The van der Waals surface area contributed by atoms with Crippen LogP contribution in [0.5, 0.6) is 0 Å². The number of likely N-dealkylation sites (N-methyl/N-ethyl adjacent to an activating group) is 1. The van der Waals surface area contributed by atoms with Crippen molar-refractivity contribution in [2.45, 2.75) is 19.9 Å². The van der Waals surface area contributed by atoms with Gasteiger partial charge in [0.05, 0.1) is 0 Å². The van der Waals surface area contributed by atoms with E-state index in [2.05, 4.69) is 5.32 Å². The molecular weight excluding hydrogens is 232 g/mol. The number of nitrogens with zero attached hydrogens (tertiary/aromatic N) is 1. The van der Waals surface area contributed by atoms with E-state index in [0.717, 1.165) is 5.69 Å². The molecule has 18 heavy (non-hydrogen) atoms. The number of carbonyl (C=O) groups excluding carboxylic acids is 1. The number of benzene rings is 1. The molecule has 0 bridgehead atoms. The predicted molar refractivity (Wildman–Crippen MR) is 69.6 cm³/mol. The Bertz CT molecular complexity index is 406. The summed E-state index contributed by atoms with van der Waals surface area (Å²) in [5.74, 6) is -1.14. The molecule has 1 aromatic carbocycles. The Hall–Kier alpha value is -2.04. The number of rotatable bonds is 6. The number of carboxylic acid groups (broad SMARTS) is 1. The zero-order chi connectivity index (χ0) is 13.5. The quantitative estimate of drug-likeness (QED) is 0.793. The van der Waals surface area contributed by atoms with Gasteiger partial charge >= 0.3 is 5.97 Å². The first-order valence-electron chi connectivity index (χ1n) is 5.87. The maximum absolute atomic E-state index is 11.8. The minimum Gasteiger partial charge on any atom is -0.480 e. The minimum absolute atomic E-state index is 0.178. The Kier molecular flexibility index (Phi) is 5.17. The van der Waals surface area contributed by atoms with Crippen LogP contribution in [-0.4, -0.2) is 36.1 Å². The molecule has 0 radical (unpaired) electrons. The highest BCUT2D eigenvalue weighted by Gasteiger charge is 2.22. The van der Waals surface area contributed by atoms with Gasteiger partial charge in [-0.05, 0) is 26.0 Å². The Labute approximate surface area is 106 Å². The van der Waals surface area contributed by atoms with Crippen molar-refractivity contribution in [2.75, 3.05) is 18.0 Å². The average molecular weight is 250 g/mol. The number of hydrogen-bond donors (Lipinski definition) is 2. The summed E-state index contributed by atoms with van der Waals surface area (Å²) >= 11 is 0. The molecular formula is C13H18N2O3. The molecule has 0 fully saturated rings. The fourth-order valence-electron chi connectivity index (χ4n) is 1.68. The topological polar surface area (TPSA) is 69.6 Å². The average Bonchev–Trinajstić information content (AvgIpc) is 2.36. The van der Waals surface area contributed by atoms with Crippen LogP contribution >= 0.6 is 0 Å². The number of hydrogen-bond acceptors (Lipinski definition) is 3. The van der Waals surface area contributed by atoms with Crippen molar-refractivity contribution in [3.8, 4) is 0 Å². The fraction of sp³-hybridized carbons (Fsp3) is 0.385. The Morgan fingerprint density at radius 1 is 1.33 bits per heavy atom. The molecule has 0 saturated carbocycles. The van der Waals surface area contributed by atoms with E-state index in [1.165, 1.54) is 0 Å². The van der Waals surface area contributed by atoms with Gasteiger partial charge in [-0.15, -0.1) is 0 Å². The first kappa shape index (κ1) is 14.0. The third-order valence-electron chi connectivity index (χ3n) is 2.59. The number of amides is 1. The highest BCUT2D eigenvalue weighted by molar-refractivity contribution is 5.87. The summed E-state index contributed by atoms with van der Waals surface area (Å²) in [6.07, 6.45) is 0. The second-order valence-corrected chi connectivity index (χ2v) is 3.93. The molecule has 0 aliphatic rings. The first-order chi connectivity index (χ1) is 8.56. The molecule has 0 aliphatic carbocycles. The fourth-order valence-corrected chi connectivity index (χ4v) is 1.68. The van der Waals surface area contributed by atoms with Crippen LogP contribution < -0.4 is 10.2 Å². The standard InChI is InChI=1S/C13H18N2O3/c1-3-14-13(18)10(2)15(9-12(16)17)11-7-5-4-6-8-11/h4-8,10H,3,9H2,1-2H3,(H,14,18)(H,16,17). The van der Waals surface area contributed by atoms with Gasteiger partial charge in [0.1, 0.15) is 12.6 Å². The molecule has 0 aliphatic heterocycles. The Balaban J connectivity index is 2.91. The molecule has 1 atom stereocenters. The van der Waals surface area contributed by atoms with Crippen LogP contribution in [0.2, 0.25) is 0 Å². The number of carboxylic acids is 1. The molecule has 98 valence electrons. The lowest BCUT2D eigenvalue weighted by atomic mass is 10.2. The van der Waals surface area contributed by atoms with Crippen molar-refractivity contribution < 1.29 is 14.7 Å². The van der Waals surface area contributed by atoms with Crippen molar-refractivity contribution in [1.82, 2.24) is 5.32 Å². The van der Waals surface area contributed by atoms with Crippen LogP contribution in [0.25, 0.3) is 0 Å². The van der Waals surface area contributed by atoms with E-state index in [0.29, 0.717) is 6.54 Å². The Morgan fingerprint density at radius 2 is 1.94 bits per heavy atom. The van der Waals surface area contributed by atoms with Crippen LogP contribution in [0.15, 0.2) is 30.3 Å². The molecule has 1 aromatic rings. The number of nitrogens with one attached hydrogen (secondary N) is 1. The lowest BCUT2D eigenvalue weighted by Crippen LogP contribution is -2.47. The van der Waals surface area contributed by atoms with Gasteiger partial charge in [0.2, 0.25) is 5.91 Å².